The van der Waals surface area contributed by atoms with Crippen LogP contribution < -0.4 is 10.6 Å². The van der Waals surface area contributed by atoms with Gasteiger partial charge in [0.2, 0.25) is 5.91 Å². The van der Waals surface area contributed by atoms with Crippen molar-refractivity contribution in [3.8, 4) is 11.3 Å². The Bertz CT molecular complexity index is 1530. The first kappa shape index (κ1) is 24.2. The molecule has 0 fully saturated rings. The average Bonchev–Trinajstić information content (AvgIpc) is 3.56. The second kappa shape index (κ2) is 11.1. The molecule has 5 rings (SSSR count). The van der Waals surface area contributed by atoms with Gasteiger partial charge in [-0.15, -0.1) is 11.3 Å². The van der Waals surface area contributed by atoms with Gasteiger partial charge in [-0.05, 0) is 50.6 Å². The molecule has 6 nitrogen and oxygen atoms in total. The van der Waals surface area contributed by atoms with Crippen LogP contribution in [0.1, 0.15) is 16.0 Å². The van der Waals surface area contributed by atoms with Gasteiger partial charge in [0.25, 0.3) is 0 Å². The van der Waals surface area contributed by atoms with Crippen LogP contribution in [0.2, 0.25) is 5.02 Å². The molecule has 3 aromatic heterocycles. The molecule has 5 aromatic rings. The third kappa shape index (κ3) is 5.67. The van der Waals surface area contributed by atoms with Crippen LogP contribution in [-0.2, 0) is 17.9 Å². The van der Waals surface area contributed by atoms with E-state index >= 15 is 0 Å². The number of anilines is 1. The van der Waals surface area contributed by atoms with Crippen molar-refractivity contribution in [1.29, 1.82) is 0 Å². The van der Waals surface area contributed by atoms with Crippen LogP contribution >= 0.6 is 38.9 Å². The minimum Gasteiger partial charge on any atom is -0.366 e. The number of nitrogens with zero attached hydrogens (tertiary/aromatic N) is 3. The van der Waals surface area contributed by atoms with E-state index in [1.807, 2.05) is 78.2 Å². The van der Waals surface area contributed by atoms with Crippen molar-refractivity contribution >= 4 is 62.3 Å². The van der Waals surface area contributed by atoms with Gasteiger partial charge in [-0.25, -0.2) is 4.98 Å². The number of amides is 1. The van der Waals surface area contributed by atoms with E-state index in [-0.39, 0.29) is 5.91 Å². The van der Waals surface area contributed by atoms with E-state index in [4.69, 9.17) is 16.6 Å². The van der Waals surface area contributed by atoms with Crippen molar-refractivity contribution < 1.29 is 4.79 Å². The molecule has 36 heavy (non-hydrogen) atoms. The lowest BCUT2D eigenvalue weighted by Gasteiger charge is -2.12. The monoisotopic (exact) mass is 577 g/mol. The van der Waals surface area contributed by atoms with E-state index < -0.39 is 0 Å². The minimum absolute atomic E-state index is 0.115. The zero-order valence-electron chi connectivity index (χ0n) is 19.0. The van der Waals surface area contributed by atoms with Crippen molar-refractivity contribution in [1.82, 2.24) is 19.9 Å². The highest BCUT2D eigenvalue weighted by Crippen LogP contribution is 2.30. The predicted octanol–water partition coefficient (Wildman–Crippen LogP) is 6.82. The van der Waals surface area contributed by atoms with Gasteiger partial charge >= 0.3 is 0 Å². The maximum absolute atomic E-state index is 12.1. The third-order valence-electron chi connectivity index (χ3n) is 5.48. The third-order valence-corrected chi connectivity index (χ3v) is 7.21. The standard InChI is InChI=1S/C27H21BrClN5OS/c28-22-17-32-34-25(14-24(33-27(22)34)21-5-1-2-6-23(21)29)30-15-18-7-9-19(10-8-18)16-31-26(35)12-11-20-4-3-13-36-20/h1-14,17,30H,15-16H2,(H,31,35). The summed E-state index contributed by atoms with van der Waals surface area (Å²) in [6.45, 7) is 1.06. The molecule has 0 aliphatic heterocycles. The Hall–Kier alpha value is -3.46. The highest BCUT2D eigenvalue weighted by molar-refractivity contribution is 9.10. The van der Waals surface area contributed by atoms with Gasteiger partial charge in [0.15, 0.2) is 5.65 Å². The van der Waals surface area contributed by atoms with Gasteiger partial charge in [0.1, 0.15) is 5.82 Å². The Morgan fingerprint density at radius 2 is 1.83 bits per heavy atom. The topological polar surface area (TPSA) is 71.3 Å². The first-order chi connectivity index (χ1) is 17.6. The van der Waals surface area contributed by atoms with Crippen molar-refractivity contribution in [3.63, 3.8) is 0 Å². The summed E-state index contributed by atoms with van der Waals surface area (Å²) in [5.74, 6) is 0.685. The number of hydrogen-bond acceptors (Lipinski definition) is 5. The number of benzene rings is 2. The minimum atomic E-state index is -0.115. The number of nitrogens with one attached hydrogen (secondary N) is 2. The molecule has 0 atom stereocenters. The van der Waals surface area contributed by atoms with Gasteiger partial charge in [-0.1, -0.05) is 60.1 Å². The Balaban J connectivity index is 1.25. The van der Waals surface area contributed by atoms with Crippen LogP contribution in [0.25, 0.3) is 23.0 Å². The van der Waals surface area contributed by atoms with E-state index in [1.54, 1.807) is 28.1 Å². The van der Waals surface area contributed by atoms with E-state index in [0.717, 1.165) is 37.6 Å². The zero-order chi connectivity index (χ0) is 24.9. The Kier molecular flexibility index (Phi) is 7.46. The molecule has 0 unspecified atom stereocenters. The molecule has 0 aliphatic carbocycles. The fourth-order valence-corrected chi connectivity index (χ4v) is 4.83. The summed E-state index contributed by atoms with van der Waals surface area (Å²) in [6, 6.07) is 21.6. The number of carbonyl (C=O) groups excluding carboxylic acids is 1. The summed E-state index contributed by atoms with van der Waals surface area (Å²) in [5, 5.41) is 13.4. The zero-order valence-corrected chi connectivity index (χ0v) is 22.1. The van der Waals surface area contributed by atoms with E-state index in [9.17, 15) is 4.79 Å². The number of carbonyl (C=O) groups is 1. The lowest BCUT2D eigenvalue weighted by Crippen LogP contribution is -2.20. The van der Waals surface area contributed by atoms with Crippen LogP contribution in [0, 0.1) is 0 Å². The number of halogens is 2. The van der Waals surface area contributed by atoms with Gasteiger partial charge in [-0.3, -0.25) is 4.79 Å². The molecule has 9 heteroatoms. The number of aromatic nitrogens is 3. The van der Waals surface area contributed by atoms with Crippen LogP contribution in [0.15, 0.2) is 88.9 Å². The first-order valence-corrected chi connectivity index (χ1v) is 13.2. The summed E-state index contributed by atoms with van der Waals surface area (Å²) >= 11 is 11.6. The Labute approximate surface area is 225 Å². The molecule has 0 aliphatic rings. The molecule has 0 saturated heterocycles. The van der Waals surface area contributed by atoms with Crippen LogP contribution in [0.4, 0.5) is 5.82 Å². The van der Waals surface area contributed by atoms with Gasteiger partial charge in [0.05, 0.1) is 16.4 Å². The van der Waals surface area contributed by atoms with Crippen molar-refractivity contribution in [3.05, 3.63) is 110 Å². The largest absolute Gasteiger partial charge is 0.366 e. The van der Waals surface area contributed by atoms with Gasteiger partial charge < -0.3 is 10.6 Å². The molecule has 2 N–H and O–H groups in total. The molecule has 180 valence electrons. The molecule has 0 spiro atoms. The predicted molar refractivity (Wildman–Crippen MR) is 150 cm³/mol. The van der Waals surface area contributed by atoms with Crippen molar-refractivity contribution in [2.75, 3.05) is 5.32 Å². The first-order valence-electron chi connectivity index (χ1n) is 11.2. The van der Waals surface area contributed by atoms with Crippen molar-refractivity contribution in [2.45, 2.75) is 13.1 Å². The Morgan fingerprint density at radius 3 is 2.58 bits per heavy atom. The lowest BCUT2D eigenvalue weighted by atomic mass is 10.1. The SMILES string of the molecule is O=C(C=Cc1cccs1)NCc1ccc(CNc2cc(-c3ccccc3Cl)nc3c(Br)cnn23)cc1. The number of fused-ring (bicyclic) bond motifs is 1. The number of thiophene rings is 1. The maximum atomic E-state index is 12.1. The van der Waals surface area contributed by atoms with E-state index in [0.29, 0.717) is 23.8 Å². The van der Waals surface area contributed by atoms with E-state index in [2.05, 4.69) is 31.7 Å². The van der Waals surface area contributed by atoms with Crippen LogP contribution in [0.5, 0.6) is 0 Å². The fraction of sp³-hybridized carbons (Fsp3) is 0.0741. The van der Waals surface area contributed by atoms with E-state index in [1.165, 1.54) is 0 Å². The normalized spacial score (nSPS) is 11.3. The molecule has 0 bridgehead atoms. The molecular formula is C27H21BrClN5OS. The Morgan fingerprint density at radius 1 is 1.06 bits per heavy atom. The summed E-state index contributed by atoms with van der Waals surface area (Å²) < 4.78 is 2.56. The van der Waals surface area contributed by atoms with Crippen LogP contribution in [-0.4, -0.2) is 20.5 Å². The summed E-state index contributed by atoms with van der Waals surface area (Å²) in [7, 11) is 0. The summed E-state index contributed by atoms with van der Waals surface area (Å²) in [5.41, 5.74) is 4.44. The highest BCUT2D eigenvalue weighted by Gasteiger charge is 2.13. The molecule has 2 aromatic carbocycles. The molecule has 0 radical (unpaired) electrons. The lowest BCUT2D eigenvalue weighted by molar-refractivity contribution is -0.116. The number of rotatable bonds is 8. The van der Waals surface area contributed by atoms with Gasteiger partial charge in [0, 0.05) is 40.7 Å². The molecule has 1 amide bonds. The summed E-state index contributed by atoms with van der Waals surface area (Å²) in [6.07, 6.45) is 5.10. The second-order valence-corrected chi connectivity index (χ2v) is 10.2. The van der Waals surface area contributed by atoms with Crippen LogP contribution in [0.3, 0.4) is 0 Å². The molecule has 3 heterocycles. The quantitative estimate of drug-likeness (QED) is 0.198. The smallest absolute Gasteiger partial charge is 0.244 e. The molecule has 0 saturated carbocycles. The fourth-order valence-electron chi connectivity index (χ4n) is 3.63. The van der Waals surface area contributed by atoms with Gasteiger partial charge in [-0.2, -0.15) is 9.61 Å². The second-order valence-electron chi connectivity index (χ2n) is 7.97. The number of hydrogen-bond donors (Lipinski definition) is 2. The highest BCUT2D eigenvalue weighted by atomic mass is 79.9. The summed E-state index contributed by atoms with van der Waals surface area (Å²) in [4.78, 5) is 17.9. The van der Waals surface area contributed by atoms with Crippen molar-refractivity contribution in [2.24, 2.45) is 0 Å². The average molecular weight is 579 g/mol. The molecular weight excluding hydrogens is 558 g/mol. The maximum Gasteiger partial charge on any atom is 0.244 e.